The molecule has 1 heterocycles. The summed E-state index contributed by atoms with van der Waals surface area (Å²) < 4.78 is 0. The van der Waals surface area contributed by atoms with Crippen molar-refractivity contribution in [3.63, 3.8) is 0 Å². The lowest BCUT2D eigenvalue weighted by molar-refractivity contribution is -0.142. The molecule has 3 N–H and O–H groups in total. The molecule has 2 unspecified atom stereocenters. The van der Waals surface area contributed by atoms with Gasteiger partial charge in [-0.15, -0.1) is 0 Å². The first-order valence-corrected chi connectivity index (χ1v) is 4.80. The minimum absolute atomic E-state index is 0.183. The standard InChI is InChI=1S/C9H18N2O2/c1-7-5-11(4-2-3-10)6-8(7)9(12)13/h7-8H,2-6,10H2,1H3,(H,12,13). The molecule has 1 rings (SSSR count). The molecule has 1 saturated heterocycles. The van der Waals surface area contributed by atoms with Gasteiger partial charge in [-0.3, -0.25) is 4.79 Å². The SMILES string of the molecule is CC1CN(CCCN)CC1C(=O)O. The Kier molecular flexibility index (Phi) is 3.69. The van der Waals surface area contributed by atoms with Crippen LogP contribution in [0.25, 0.3) is 0 Å². The van der Waals surface area contributed by atoms with Gasteiger partial charge >= 0.3 is 5.97 Å². The Morgan fingerprint density at radius 3 is 2.77 bits per heavy atom. The molecule has 1 aliphatic heterocycles. The monoisotopic (exact) mass is 186 g/mol. The van der Waals surface area contributed by atoms with Gasteiger partial charge < -0.3 is 15.7 Å². The number of hydrogen-bond donors (Lipinski definition) is 2. The van der Waals surface area contributed by atoms with Crippen LogP contribution in [0.15, 0.2) is 0 Å². The van der Waals surface area contributed by atoms with E-state index in [9.17, 15) is 4.79 Å². The van der Waals surface area contributed by atoms with Gasteiger partial charge in [-0.2, -0.15) is 0 Å². The summed E-state index contributed by atoms with van der Waals surface area (Å²) in [6.45, 7) is 5.21. The summed E-state index contributed by atoms with van der Waals surface area (Å²) in [5.41, 5.74) is 5.39. The minimum Gasteiger partial charge on any atom is -0.481 e. The highest BCUT2D eigenvalue weighted by atomic mass is 16.4. The van der Waals surface area contributed by atoms with Crippen molar-refractivity contribution in [3.8, 4) is 0 Å². The van der Waals surface area contributed by atoms with E-state index in [1.807, 2.05) is 6.92 Å². The van der Waals surface area contributed by atoms with E-state index in [1.165, 1.54) is 0 Å². The molecule has 0 aliphatic carbocycles. The molecule has 1 aliphatic rings. The lowest BCUT2D eigenvalue weighted by Gasteiger charge is -2.13. The Balaban J connectivity index is 2.36. The van der Waals surface area contributed by atoms with Crippen LogP contribution in [-0.4, -0.2) is 42.2 Å². The van der Waals surface area contributed by atoms with Crippen LogP contribution in [-0.2, 0) is 4.79 Å². The summed E-state index contributed by atoms with van der Waals surface area (Å²) in [5, 5.41) is 8.88. The number of aliphatic carboxylic acids is 1. The van der Waals surface area contributed by atoms with Crippen molar-refractivity contribution in [2.75, 3.05) is 26.2 Å². The molecular weight excluding hydrogens is 168 g/mol. The molecule has 1 fully saturated rings. The Labute approximate surface area is 78.7 Å². The lowest BCUT2D eigenvalue weighted by Crippen LogP contribution is -2.25. The Morgan fingerprint density at radius 2 is 2.31 bits per heavy atom. The summed E-state index contributed by atoms with van der Waals surface area (Å²) in [7, 11) is 0. The van der Waals surface area contributed by atoms with Crippen molar-refractivity contribution < 1.29 is 9.90 Å². The molecule has 0 radical (unpaired) electrons. The van der Waals surface area contributed by atoms with Gasteiger partial charge in [0.1, 0.15) is 0 Å². The first-order valence-electron chi connectivity index (χ1n) is 4.80. The van der Waals surface area contributed by atoms with Crippen LogP contribution in [0.2, 0.25) is 0 Å². The fourth-order valence-electron chi connectivity index (χ4n) is 1.89. The molecule has 0 saturated carbocycles. The number of nitrogens with two attached hydrogens (primary N) is 1. The summed E-state index contributed by atoms with van der Waals surface area (Å²) in [4.78, 5) is 13.0. The van der Waals surface area contributed by atoms with Crippen LogP contribution in [0.1, 0.15) is 13.3 Å². The van der Waals surface area contributed by atoms with Crippen molar-refractivity contribution in [2.24, 2.45) is 17.6 Å². The fourth-order valence-corrected chi connectivity index (χ4v) is 1.89. The van der Waals surface area contributed by atoms with E-state index in [4.69, 9.17) is 10.8 Å². The predicted molar refractivity (Wildman–Crippen MR) is 50.4 cm³/mol. The van der Waals surface area contributed by atoms with Crippen molar-refractivity contribution in [1.82, 2.24) is 4.90 Å². The maximum Gasteiger partial charge on any atom is 0.308 e. The molecule has 76 valence electrons. The Hall–Kier alpha value is -0.610. The number of carboxylic acids is 1. The molecule has 0 aromatic heterocycles. The smallest absolute Gasteiger partial charge is 0.308 e. The summed E-state index contributed by atoms with van der Waals surface area (Å²) >= 11 is 0. The molecular formula is C9H18N2O2. The van der Waals surface area contributed by atoms with E-state index in [1.54, 1.807) is 0 Å². The van der Waals surface area contributed by atoms with E-state index >= 15 is 0 Å². The lowest BCUT2D eigenvalue weighted by atomic mass is 9.99. The van der Waals surface area contributed by atoms with Crippen LogP contribution in [0.4, 0.5) is 0 Å². The molecule has 0 aromatic carbocycles. The number of likely N-dealkylation sites (tertiary alicyclic amines) is 1. The second kappa shape index (κ2) is 4.58. The van der Waals surface area contributed by atoms with Crippen LogP contribution in [0, 0.1) is 11.8 Å². The molecule has 0 spiro atoms. The normalized spacial score (nSPS) is 29.4. The highest BCUT2D eigenvalue weighted by Gasteiger charge is 2.33. The number of nitrogens with zero attached hydrogens (tertiary/aromatic N) is 1. The first kappa shape index (κ1) is 10.5. The van der Waals surface area contributed by atoms with Crippen molar-refractivity contribution in [1.29, 1.82) is 0 Å². The number of hydrogen-bond acceptors (Lipinski definition) is 3. The molecule has 0 amide bonds. The molecule has 4 nitrogen and oxygen atoms in total. The van der Waals surface area contributed by atoms with Gasteiger partial charge in [0.2, 0.25) is 0 Å². The largest absolute Gasteiger partial charge is 0.481 e. The second-order valence-corrected chi connectivity index (χ2v) is 3.82. The second-order valence-electron chi connectivity index (χ2n) is 3.82. The van der Waals surface area contributed by atoms with E-state index in [0.29, 0.717) is 13.1 Å². The average molecular weight is 186 g/mol. The highest BCUT2D eigenvalue weighted by Crippen LogP contribution is 2.22. The average Bonchev–Trinajstić information content (AvgIpc) is 2.43. The number of carbonyl (C=O) groups is 1. The summed E-state index contributed by atoms with van der Waals surface area (Å²) in [6, 6.07) is 0. The zero-order valence-corrected chi connectivity index (χ0v) is 8.07. The van der Waals surface area contributed by atoms with Crippen molar-refractivity contribution in [2.45, 2.75) is 13.3 Å². The van der Waals surface area contributed by atoms with Gasteiger partial charge in [0.05, 0.1) is 5.92 Å². The Morgan fingerprint density at radius 1 is 1.62 bits per heavy atom. The van der Waals surface area contributed by atoms with Gasteiger partial charge in [-0.1, -0.05) is 6.92 Å². The van der Waals surface area contributed by atoms with Gasteiger partial charge in [0, 0.05) is 13.1 Å². The van der Waals surface area contributed by atoms with Crippen LogP contribution >= 0.6 is 0 Å². The van der Waals surface area contributed by atoms with Crippen LogP contribution in [0.3, 0.4) is 0 Å². The predicted octanol–water partition coefficient (Wildman–Crippen LogP) is -0.0123. The van der Waals surface area contributed by atoms with Crippen LogP contribution in [0.5, 0.6) is 0 Å². The number of carboxylic acid groups (broad SMARTS) is 1. The molecule has 2 atom stereocenters. The molecule has 4 heteroatoms. The van der Waals surface area contributed by atoms with Crippen molar-refractivity contribution >= 4 is 5.97 Å². The van der Waals surface area contributed by atoms with Gasteiger partial charge in [0.25, 0.3) is 0 Å². The first-order chi connectivity index (χ1) is 6.15. The van der Waals surface area contributed by atoms with E-state index < -0.39 is 5.97 Å². The maximum absolute atomic E-state index is 10.8. The number of rotatable bonds is 4. The van der Waals surface area contributed by atoms with Gasteiger partial charge in [-0.05, 0) is 25.4 Å². The van der Waals surface area contributed by atoms with E-state index in [-0.39, 0.29) is 11.8 Å². The zero-order chi connectivity index (χ0) is 9.84. The third kappa shape index (κ3) is 2.67. The van der Waals surface area contributed by atoms with Crippen molar-refractivity contribution in [3.05, 3.63) is 0 Å². The van der Waals surface area contributed by atoms with Gasteiger partial charge in [-0.25, -0.2) is 0 Å². The minimum atomic E-state index is -0.664. The quantitative estimate of drug-likeness (QED) is 0.648. The van der Waals surface area contributed by atoms with Gasteiger partial charge in [0.15, 0.2) is 0 Å². The summed E-state index contributed by atoms with van der Waals surface area (Å²) in [6.07, 6.45) is 0.957. The molecule has 0 bridgehead atoms. The summed E-state index contributed by atoms with van der Waals surface area (Å²) in [5.74, 6) is -0.573. The third-order valence-electron chi connectivity index (χ3n) is 2.68. The van der Waals surface area contributed by atoms with E-state index in [0.717, 1.165) is 19.5 Å². The fraction of sp³-hybridized carbons (Fsp3) is 0.889. The molecule has 0 aromatic rings. The third-order valence-corrected chi connectivity index (χ3v) is 2.68. The molecule has 13 heavy (non-hydrogen) atoms. The topological polar surface area (TPSA) is 66.6 Å². The highest BCUT2D eigenvalue weighted by molar-refractivity contribution is 5.71. The maximum atomic E-state index is 10.8. The van der Waals surface area contributed by atoms with E-state index in [2.05, 4.69) is 4.90 Å². The Bertz CT molecular complexity index is 184. The zero-order valence-electron chi connectivity index (χ0n) is 8.07. The van der Waals surface area contributed by atoms with Crippen LogP contribution < -0.4 is 5.73 Å².